The minimum atomic E-state index is 0.670. The smallest absolute Gasteiger partial charge is 0.185 e. The topological polar surface area (TPSA) is 41.1 Å². The molecule has 0 unspecified atom stereocenters. The van der Waals surface area contributed by atoms with Gasteiger partial charge in [0.15, 0.2) is 5.13 Å². The van der Waals surface area contributed by atoms with Crippen molar-refractivity contribution in [2.45, 2.75) is 33.9 Å². The molecule has 20 heavy (non-hydrogen) atoms. The summed E-state index contributed by atoms with van der Waals surface area (Å²) < 4.78 is 0. The molecule has 110 valence electrons. The summed E-state index contributed by atoms with van der Waals surface area (Å²) in [6.45, 7) is 9.15. The van der Waals surface area contributed by atoms with Gasteiger partial charge in [-0.1, -0.05) is 13.8 Å². The van der Waals surface area contributed by atoms with Gasteiger partial charge in [-0.25, -0.2) is 9.97 Å². The van der Waals surface area contributed by atoms with Crippen LogP contribution in [0.5, 0.6) is 0 Å². The fourth-order valence-electron chi connectivity index (χ4n) is 1.83. The Balaban J connectivity index is 1.87. The van der Waals surface area contributed by atoms with E-state index in [0.29, 0.717) is 5.92 Å². The Morgan fingerprint density at radius 3 is 2.60 bits per heavy atom. The van der Waals surface area contributed by atoms with Crippen molar-refractivity contribution in [2.24, 2.45) is 5.92 Å². The highest BCUT2D eigenvalue weighted by Gasteiger charge is 2.09. The Morgan fingerprint density at radius 1 is 1.20 bits per heavy atom. The Hall–Kier alpha value is -0.980. The van der Waals surface area contributed by atoms with E-state index in [2.05, 4.69) is 51.8 Å². The van der Waals surface area contributed by atoms with Crippen LogP contribution in [-0.4, -0.2) is 23.6 Å². The van der Waals surface area contributed by atoms with Crippen molar-refractivity contribution in [3.8, 4) is 0 Å². The highest BCUT2D eigenvalue weighted by Crippen LogP contribution is 2.21. The van der Waals surface area contributed by atoms with Gasteiger partial charge in [-0.05, 0) is 19.4 Å². The van der Waals surface area contributed by atoms with Gasteiger partial charge in [-0.2, -0.15) is 0 Å². The molecule has 0 bridgehead atoms. The van der Waals surface area contributed by atoms with Gasteiger partial charge in [0.25, 0.3) is 0 Å². The summed E-state index contributed by atoms with van der Waals surface area (Å²) in [5.74, 6) is 0.670. The Bertz CT molecular complexity index is 533. The standard InChI is InChI=1S/C14H22N4S2/c1-10(2)5-15-6-12-8-20-14(17-12)18(4)7-13-9-19-11(3)16-13/h8-10,15H,5-7H2,1-4H3. The summed E-state index contributed by atoms with van der Waals surface area (Å²) in [5, 5.41) is 9.84. The van der Waals surface area contributed by atoms with Crippen LogP contribution >= 0.6 is 22.7 Å². The molecule has 0 saturated carbocycles. The van der Waals surface area contributed by atoms with Crippen LogP contribution in [0.3, 0.4) is 0 Å². The molecule has 0 radical (unpaired) electrons. The zero-order chi connectivity index (χ0) is 14.5. The summed E-state index contributed by atoms with van der Waals surface area (Å²) >= 11 is 3.39. The average molecular weight is 310 g/mol. The van der Waals surface area contributed by atoms with Crippen LogP contribution < -0.4 is 10.2 Å². The first kappa shape index (κ1) is 15.4. The lowest BCUT2D eigenvalue weighted by Gasteiger charge is -2.13. The maximum atomic E-state index is 4.67. The maximum Gasteiger partial charge on any atom is 0.185 e. The van der Waals surface area contributed by atoms with Crippen LogP contribution in [0, 0.1) is 12.8 Å². The molecule has 0 amide bonds. The second kappa shape index (κ2) is 7.15. The van der Waals surface area contributed by atoms with E-state index in [1.165, 1.54) is 0 Å². The first-order valence-corrected chi connectivity index (χ1v) is 8.57. The van der Waals surface area contributed by atoms with Gasteiger partial charge in [0, 0.05) is 24.4 Å². The largest absolute Gasteiger partial charge is 0.345 e. The van der Waals surface area contributed by atoms with Crippen LogP contribution in [0.4, 0.5) is 5.13 Å². The van der Waals surface area contributed by atoms with Crippen LogP contribution in [0.2, 0.25) is 0 Å². The number of hydrogen-bond donors (Lipinski definition) is 1. The molecule has 2 rings (SSSR count). The van der Waals surface area contributed by atoms with Crippen molar-refractivity contribution in [3.05, 3.63) is 27.2 Å². The number of aryl methyl sites for hydroxylation is 1. The molecule has 6 heteroatoms. The third-order valence-corrected chi connectivity index (χ3v) is 4.62. The van der Waals surface area contributed by atoms with Gasteiger partial charge < -0.3 is 10.2 Å². The van der Waals surface area contributed by atoms with E-state index in [9.17, 15) is 0 Å². The van der Waals surface area contributed by atoms with Crippen LogP contribution in [0.15, 0.2) is 10.8 Å². The molecule has 2 aromatic heterocycles. The predicted molar refractivity (Wildman–Crippen MR) is 87.6 cm³/mol. The molecule has 2 aromatic rings. The quantitative estimate of drug-likeness (QED) is 0.852. The SMILES string of the molecule is Cc1nc(CN(C)c2nc(CNCC(C)C)cs2)cs1. The average Bonchev–Trinajstić information content (AvgIpc) is 2.98. The minimum absolute atomic E-state index is 0.670. The summed E-state index contributed by atoms with van der Waals surface area (Å²) in [4.78, 5) is 11.3. The highest BCUT2D eigenvalue weighted by molar-refractivity contribution is 7.13. The minimum Gasteiger partial charge on any atom is -0.345 e. The number of hydrogen-bond acceptors (Lipinski definition) is 6. The molecule has 0 fully saturated rings. The molecule has 0 atom stereocenters. The van der Waals surface area contributed by atoms with Crippen molar-refractivity contribution < 1.29 is 0 Å². The lowest BCUT2D eigenvalue weighted by molar-refractivity contribution is 0.549. The van der Waals surface area contributed by atoms with E-state index in [4.69, 9.17) is 0 Å². The second-order valence-corrected chi connectivity index (χ2v) is 7.26. The molecular weight excluding hydrogens is 288 g/mol. The lowest BCUT2D eigenvalue weighted by Crippen LogP contribution is -2.20. The van der Waals surface area contributed by atoms with Crippen LogP contribution in [0.25, 0.3) is 0 Å². The molecule has 0 spiro atoms. The van der Waals surface area contributed by atoms with E-state index in [1.54, 1.807) is 22.7 Å². The molecule has 0 aromatic carbocycles. The molecular formula is C14H22N4S2. The second-order valence-electron chi connectivity index (χ2n) is 5.36. The first-order valence-electron chi connectivity index (χ1n) is 6.82. The van der Waals surface area contributed by atoms with Crippen molar-refractivity contribution in [3.63, 3.8) is 0 Å². The van der Waals surface area contributed by atoms with Crippen molar-refractivity contribution in [2.75, 3.05) is 18.5 Å². The Morgan fingerprint density at radius 2 is 1.95 bits per heavy atom. The summed E-state index contributed by atoms with van der Waals surface area (Å²) in [5.41, 5.74) is 2.23. The predicted octanol–water partition coefficient (Wildman–Crippen LogP) is 3.29. The van der Waals surface area contributed by atoms with Gasteiger partial charge in [-0.15, -0.1) is 22.7 Å². The van der Waals surface area contributed by atoms with E-state index >= 15 is 0 Å². The van der Waals surface area contributed by atoms with Gasteiger partial charge >= 0.3 is 0 Å². The summed E-state index contributed by atoms with van der Waals surface area (Å²) in [7, 11) is 2.07. The maximum absolute atomic E-state index is 4.67. The van der Waals surface area contributed by atoms with Crippen LogP contribution in [-0.2, 0) is 13.1 Å². The fourth-order valence-corrected chi connectivity index (χ4v) is 3.23. The molecule has 4 nitrogen and oxygen atoms in total. The van der Waals surface area contributed by atoms with Gasteiger partial charge in [0.2, 0.25) is 0 Å². The lowest BCUT2D eigenvalue weighted by atomic mass is 10.2. The van der Waals surface area contributed by atoms with E-state index in [1.807, 2.05) is 6.92 Å². The van der Waals surface area contributed by atoms with E-state index < -0.39 is 0 Å². The van der Waals surface area contributed by atoms with Crippen molar-refractivity contribution >= 4 is 27.8 Å². The number of anilines is 1. The molecule has 0 saturated heterocycles. The Kier molecular flexibility index (Phi) is 5.51. The third kappa shape index (κ3) is 4.54. The molecule has 0 aliphatic heterocycles. The zero-order valence-electron chi connectivity index (χ0n) is 12.5. The Labute approximate surface area is 128 Å². The van der Waals surface area contributed by atoms with Crippen molar-refractivity contribution in [1.29, 1.82) is 0 Å². The van der Waals surface area contributed by atoms with Crippen molar-refractivity contribution in [1.82, 2.24) is 15.3 Å². The fraction of sp³-hybridized carbons (Fsp3) is 0.571. The number of nitrogens with zero attached hydrogens (tertiary/aromatic N) is 3. The number of rotatable bonds is 7. The molecule has 0 aliphatic carbocycles. The summed E-state index contributed by atoms with van der Waals surface area (Å²) in [6, 6.07) is 0. The third-order valence-electron chi connectivity index (χ3n) is 2.79. The molecule has 0 aliphatic rings. The first-order chi connectivity index (χ1) is 9.54. The van der Waals surface area contributed by atoms with E-state index in [-0.39, 0.29) is 0 Å². The normalized spacial score (nSPS) is 11.2. The monoisotopic (exact) mass is 310 g/mol. The van der Waals surface area contributed by atoms with Crippen LogP contribution in [0.1, 0.15) is 30.2 Å². The van der Waals surface area contributed by atoms with Gasteiger partial charge in [0.05, 0.1) is 22.9 Å². The van der Waals surface area contributed by atoms with Gasteiger partial charge in [-0.3, -0.25) is 0 Å². The van der Waals surface area contributed by atoms with Gasteiger partial charge in [0.1, 0.15) is 0 Å². The highest BCUT2D eigenvalue weighted by atomic mass is 32.1. The molecule has 1 N–H and O–H groups in total. The molecule has 2 heterocycles. The zero-order valence-corrected chi connectivity index (χ0v) is 14.1. The summed E-state index contributed by atoms with van der Waals surface area (Å²) in [6.07, 6.45) is 0. The van der Waals surface area contributed by atoms with E-state index in [0.717, 1.165) is 41.2 Å². The number of thiazole rings is 2. The number of nitrogens with one attached hydrogen (secondary N) is 1. The number of aromatic nitrogens is 2.